The fourth-order valence-electron chi connectivity index (χ4n) is 5.23. The molecule has 0 bridgehead atoms. The van der Waals surface area contributed by atoms with E-state index in [0.717, 1.165) is 22.8 Å². The smallest absolute Gasteiger partial charge is 0.259 e. The standard InChI is InChI=1S/C26H21ClN4O3.ClH/c1-30-19-10-13(26(34)31-9-8-14(28)12-31)6-7-16(19)21-20(30)11-17(15-4-2-3-5-18(15)27)22-23(21)25(33)29-24(22)32;/h2-7,10-11,14H,8-9,12,28H2,1H3,(H,29,32,33);1H. The van der Waals surface area contributed by atoms with Gasteiger partial charge in [-0.2, -0.15) is 0 Å². The van der Waals surface area contributed by atoms with Gasteiger partial charge in [0.25, 0.3) is 17.7 Å². The maximum absolute atomic E-state index is 13.1. The van der Waals surface area contributed by atoms with E-state index in [1.165, 1.54) is 0 Å². The summed E-state index contributed by atoms with van der Waals surface area (Å²) in [5, 5.41) is 4.43. The van der Waals surface area contributed by atoms with Crippen molar-refractivity contribution in [3.05, 3.63) is 70.2 Å². The molecule has 2 aliphatic heterocycles. The predicted molar refractivity (Wildman–Crippen MR) is 138 cm³/mol. The molecular formula is C26H22Cl2N4O3. The molecule has 0 spiro atoms. The maximum Gasteiger partial charge on any atom is 0.259 e. The number of likely N-dealkylation sites (tertiary alicyclic amines) is 1. The maximum atomic E-state index is 13.1. The number of nitrogens with two attached hydrogens (primary N) is 1. The number of amides is 3. The first-order valence-electron chi connectivity index (χ1n) is 11.1. The summed E-state index contributed by atoms with van der Waals surface area (Å²) in [5.74, 6) is -0.932. The van der Waals surface area contributed by atoms with Crippen LogP contribution in [0.25, 0.3) is 32.9 Å². The third-order valence-electron chi connectivity index (χ3n) is 6.90. The van der Waals surface area contributed by atoms with E-state index in [-0.39, 0.29) is 24.4 Å². The van der Waals surface area contributed by atoms with Gasteiger partial charge >= 0.3 is 0 Å². The van der Waals surface area contributed by atoms with Gasteiger partial charge in [-0.15, -0.1) is 12.4 Å². The summed E-state index contributed by atoms with van der Waals surface area (Å²) in [6.45, 7) is 1.19. The lowest BCUT2D eigenvalue weighted by Crippen LogP contribution is -2.31. The Kier molecular flexibility index (Phi) is 5.59. The zero-order valence-corrected chi connectivity index (χ0v) is 20.4. The van der Waals surface area contributed by atoms with Crippen LogP contribution >= 0.6 is 24.0 Å². The average Bonchev–Trinajstić information content (AvgIpc) is 3.47. The van der Waals surface area contributed by atoms with Crippen molar-refractivity contribution in [3.63, 3.8) is 0 Å². The number of rotatable bonds is 2. The monoisotopic (exact) mass is 508 g/mol. The van der Waals surface area contributed by atoms with Gasteiger partial charge in [-0.05, 0) is 36.2 Å². The normalized spacial score (nSPS) is 17.1. The quantitative estimate of drug-likeness (QED) is 0.397. The van der Waals surface area contributed by atoms with Crippen LogP contribution in [0, 0.1) is 0 Å². The number of carbonyl (C=O) groups excluding carboxylic acids is 3. The number of carbonyl (C=O) groups is 3. The number of aryl methyl sites for hydroxylation is 1. The molecule has 1 saturated heterocycles. The van der Waals surface area contributed by atoms with Crippen molar-refractivity contribution in [1.82, 2.24) is 14.8 Å². The van der Waals surface area contributed by atoms with Crippen LogP contribution in [0.5, 0.6) is 0 Å². The fourth-order valence-corrected chi connectivity index (χ4v) is 5.46. The molecule has 35 heavy (non-hydrogen) atoms. The molecule has 0 radical (unpaired) electrons. The van der Waals surface area contributed by atoms with E-state index in [1.807, 2.05) is 48.0 Å². The summed E-state index contributed by atoms with van der Waals surface area (Å²) in [4.78, 5) is 40.6. The number of aromatic nitrogens is 1. The molecule has 0 saturated carbocycles. The van der Waals surface area contributed by atoms with Crippen LogP contribution in [0.4, 0.5) is 0 Å². The first-order chi connectivity index (χ1) is 16.3. The minimum atomic E-state index is -0.439. The van der Waals surface area contributed by atoms with E-state index >= 15 is 0 Å². The Morgan fingerprint density at radius 2 is 1.77 bits per heavy atom. The molecule has 3 N–H and O–H groups in total. The Morgan fingerprint density at radius 3 is 2.49 bits per heavy atom. The average molecular weight is 509 g/mol. The molecule has 6 rings (SSSR count). The molecule has 3 amide bonds. The van der Waals surface area contributed by atoms with Crippen molar-refractivity contribution in [2.45, 2.75) is 12.5 Å². The van der Waals surface area contributed by atoms with Crippen molar-refractivity contribution < 1.29 is 14.4 Å². The van der Waals surface area contributed by atoms with Crippen LogP contribution in [0.3, 0.4) is 0 Å². The van der Waals surface area contributed by atoms with Crippen LogP contribution in [0.15, 0.2) is 48.5 Å². The largest absolute Gasteiger partial charge is 0.344 e. The van der Waals surface area contributed by atoms with Gasteiger partial charge in [0.05, 0.1) is 16.6 Å². The van der Waals surface area contributed by atoms with Gasteiger partial charge in [-0.1, -0.05) is 35.9 Å². The Balaban J connectivity index is 0.00000253. The third-order valence-corrected chi connectivity index (χ3v) is 7.23. The lowest BCUT2D eigenvalue weighted by atomic mass is 9.92. The Bertz CT molecular complexity index is 1580. The zero-order valence-electron chi connectivity index (χ0n) is 18.8. The van der Waals surface area contributed by atoms with Crippen LogP contribution in [0.2, 0.25) is 5.02 Å². The first-order valence-corrected chi connectivity index (χ1v) is 11.5. The summed E-state index contributed by atoms with van der Waals surface area (Å²) in [7, 11) is 1.89. The van der Waals surface area contributed by atoms with Crippen molar-refractivity contribution in [2.75, 3.05) is 13.1 Å². The van der Waals surface area contributed by atoms with Gasteiger partial charge in [0.1, 0.15) is 0 Å². The van der Waals surface area contributed by atoms with Gasteiger partial charge in [0.15, 0.2) is 0 Å². The Labute approximate surface area is 212 Å². The van der Waals surface area contributed by atoms with Gasteiger partial charge in [0.2, 0.25) is 0 Å². The molecule has 9 heteroatoms. The highest BCUT2D eigenvalue weighted by molar-refractivity contribution is 6.36. The fraction of sp³-hybridized carbons (Fsp3) is 0.192. The highest BCUT2D eigenvalue weighted by Gasteiger charge is 2.35. The number of imide groups is 1. The molecule has 178 valence electrons. The van der Waals surface area contributed by atoms with Crippen LogP contribution < -0.4 is 11.1 Å². The van der Waals surface area contributed by atoms with Crippen LogP contribution in [0.1, 0.15) is 37.5 Å². The minimum absolute atomic E-state index is 0. The second-order valence-corrected chi connectivity index (χ2v) is 9.33. The number of hydrogen-bond acceptors (Lipinski definition) is 4. The van der Waals surface area contributed by atoms with Gasteiger partial charge in [0, 0.05) is 58.6 Å². The van der Waals surface area contributed by atoms with Gasteiger partial charge in [-0.25, -0.2) is 0 Å². The first kappa shape index (κ1) is 23.4. The van der Waals surface area contributed by atoms with E-state index in [0.29, 0.717) is 51.3 Å². The second kappa shape index (κ2) is 8.37. The van der Waals surface area contributed by atoms with E-state index in [2.05, 4.69) is 5.32 Å². The van der Waals surface area contributed by atoms with Crippen LogP contribution in [-0.2, 0) is 7.05 Å². The second-order valence-electron chi connectivity index (χ2n) is 8.92. The molecule has 3 heterocycles. The van der Waals surface area contributed by atoms with Crippen molar-refractivity contribution in [3.8, 4) is 11.1 Å². The number of nitrogens with zero attached hydrogens (tertiary/aromatic N) is 2. The molecule has 2 aliphatic rings. The summed E-state index contributed by atoms with van der Waals surface area (Å²) >= 11 is 6.47. The SMILES string of the molecule is Cl.Cn1c2cc(C(=O)N3CCC(N)C3)ccc2c2c3c(c(-c4ccccc4Cl)cc21)C(=O)NC3=O. The van der Waals surface area contributed by atoms with Crippen molar-refractivity contribution in [1.29, 1.82) is 0 Å². The Hall–Kier alpha value is -3.39. The number of halogens is 2. The highest BCUT2D eigenvalue weighted by Crippen LogP contribution is 2.41. The Morgan fingerprint density at radius 1 is 1.03 bits per heavy atom. The van der Waals surface area contributed by atoms with Crippen molar-refractivity contribution >= 4 is 63.5 Å². The van der Waals surface area contributed by atoms with E-state index in [1.54, 1.807) is 17.0 Å². The highest BCUT2D eigenvalue weighted by atomic mass is 35.5. The van der Waals surface area contributed by atoms with Gasteiger partial charge < -0.3 is 15.2 Å². The number of nitrogens with one attached hydrogen (secondary N) is 1. The number of fused-ring (bicyclic) bond motifs is 5. The molecule has 7 nitrogen and oxygen atoms in total. The number of hydrogen-bond donors (Lipinski definition) is 2. The summed E-state index contributed by atoms with van der Waals surface area (Å²) in [6.07, 6.45) is 0.794. The molecule has 0 aliphatic carbocycles. The topological polar surface area (TPSA) is 97.4 Å². The molecule has 4 aromatic rings. The molecular weight excluding hydrogens is 487 g/mol. The molecule has 1 atom stereocenters. The predicted octanol–water partition coefficient (Wildman–Crippen LogP) is 4.13. The molecule has 1 aromatic heterocycles. The third kappa shape index (κ3) is 3.42. The lowest BCUT2D eigenvalue weighted by molar-refractivity contribution is 0.0789. The number of benzene rings is 3. The van der Waals surface area contributed by atoms with E-state index < -0.39 is 11.8 Å². The summed E-state index contributed by atoms with van der Waals surface area (Å²) in [6, 6.07) is 14.6. The molecule has 1 fully saturated rings. The lowest BCUT2D eigenvalue weighted by Gasteiger charge is -2.15. The summed E-state index contributed by atoms with van der Waals surface area (Å²) < 4.78 is 1.95. The summed E-state index contributed by atoms with van der Waals surface area (Å²) in [5.41, 5.74) is 10.1. The van der Waals surface area contributed by atoms with Gasteiger partial charge in [-0.3, -0.25) is 19.7 Å². The van der Waals surface area contributed by atoms with E-state index in [4.69, 9.17) is 17.3 Å². The molecule has 3 aromatic carbocycles. The van der Waals surface area contributed by atoms with E-state index in [9.17, 15) is 14.4 Å². The molecule has 1 unspecified atom stereocenters. The van der Waals surface area contributed by atoms with Crippen molar-refractivity contribution in [2.24, 2.45) is 12.8 Å². The van der Waals surface area contributed by atoms with Crippen LogP contribution in [-0.4, -0.2) is 46.3 Å². The minimum Gasteiger partial charge on any atom is -0.344 e. The zero-order chi connectivity index (χ0) is 23.7.